The Labute approximate surface area is 133 Å². The van der Waals surface area contributed by atoms with Crippen LogP contribution < -0.4 is 0 Å². The van der Waals surface area contributed by atoms with E-state index < -0.39 is 0 Å². The van der Waals surface area contributed by atoms with E-state index in [4.69, 9.17) is 0 Å². The van der Waals surface area contributed by atoms with E-state index in [0.29, 0.717) is 0 Å². The number of alkyl halides is 4. The van der Waals surface area contributed by atoms with E-state index in [1.807, 2.05) is 12.1 Å². The van der Waals surface area contributed by atoms with Gasteiger partial charge >= 0.3 is 0 Å². The minimum Gasteiger partial charge on any atom is -0.0712 e. The lowest BCUT2D eigenvalue weighted by atomic mass is 10.2. The first-order valence-corrected chi connectivity index (χ1v) is 8.74. The van der Waals surface area contributed by atoms with Crippen molar-refractivity contribution in [3.63, 3.8) is 0 Å². The normalized spacial score (nSPS) is 11.4. The molecular formula is C8H4Br6. The standard InChI is InChI=1S/C8H4Br6/c9-4-2-1-3(7(11)12)6(10)5(4)8(13)14/h1-2,7-8H. The van der Waals surface area contributed by atoms with Crippen LogP contribution in [0.15, 0.2) is 21.1 Å². The van der Waals surface area contributed by atoms with Gasteiger partial charge in [-0.2, -0.15) is 0 Å². The van der Waals surface area contributed by atoms with Crippen LogP contribution in [-0.2, 0) is 0 Å². The van der Waals surface area contributed by atoms with Crippen LogP contribution in [0.3, 0.4) is 0 Å². The summed E-state index contributed by atoms with van der Waals surface area (Å²) in [6.45, 7) is 0. The van der Waals surface area contributed by atoms with Gasteiger partial charge < -0.3 is 0 Å². The van der Waals surface area contributed by atoms with Crippen LogP contribution in [0, 0.1) is 0 Å². The second kappa shape index (κ2) is 6.15. The lowest BCUT2D eigenvalue weighted by Crippen LogP contribution is -1.92. The predicted octanol–water partition coefficient (Wildman–Crippen LogP) is 6.79. The molecule has 14 heavy (non-hydrogen) atoms. The highest BCUT2D eigenvalue weighted by molar-refractivity contribution is 9.24. The molecular weight excluding hydrogens is 576 g/mol. The molecule has 0 nitrogen and oxygen atoms in total. The zero-order valence-electron chi connectivity index (χ0n) is 6.58. The molecule has 0 radical (unpaired) electrons. The van der Waals surface area contributed by atoms with Crippen LogP contribution in [0.5, 0.6) is 0 Å². The molecule has 1 rings (SSSR count). The molecule has 0 spiro atoms. The van der Waals surface area contributed by atoms with Crippen LogP contribution >= 0.6 is 95.6 Å². The van der Waals surface area contributed by atoms with Crippen molar-refractivity contribution in [2.45, 2.75) is 7.47 Å². The van der Waals surface area contributed by atoms with Gasteiger partial charge in [0.15, 0.2) is 0 Å². The van der Waals surface area contributed by atoms with E-state index in [2.05, 4.69) is 95.6 Å². The molecule has 0 aliphatic heterocycles. The van der Waals surface area contributed by atoms with Crippen molar-refractivity contribution in [1.82, 2.24) is 0 Å². The molecule has 0 bridgehead atoms. The molecule has 0 atom stereocenters. The van der Waals surface area contributed by atoms with Gasteiger partial charge in [0.05, 0.1) is 7.47 Å². The van der Waals surface area contributed by atoms with Gasteiger partial charge in [-0.1, -0.05) is 102 Å². The van der Waals surface area contributed by atoms with Crippen molar-refractivity contribution in [3.8, 4) is 0 Å². The van der Waals surface area contributed by atoms with Gasteiger partial charge in [0.2, 0.25) is 0 Å². The highest BCUT2D eigenvalue weighted by atomic mass is 79.9. The molecule has 1 aromatic carbocycles. The lowest BCUT2D eigenvalue weighted by molar-refractivity contribution is 1.28. The van der Waals surface area contributed by atoms with E-state index in [9.17, 15) is 0 Å². The number of hydrogen-bond acceptors (Lipinski definition) is 0. The van der Waals surface area contributed by atoms with Gasteiger partial charge in [0.25, 0.3) is 0 Å². The minimum absolute atomic E-state index is 0.123. The highest BCUT2D eigenvalue weighted by Crippen LogP contribution is 2.44. The number of benzene rings is 1. The third-order valence-corrected chi connectivity index (χ3v) is 5.09. The minimum atomic E-state index is 0.123. The number of rotatable bonds is 2. The fraction of sp³-hybridized carbons (Fsp3) is 0.250. The molecule has 0 saturated heterocycles. The lowest BCUT2D eigenvalue weighted by Gasteiger charge is -2.13. The Morgan fingerprint density at radius 1 is 0.857 bits per heavy atom. The van der Waals surface area contributed by atoms with Gasteiger partial charge in [-0.15, -0.1) is 0 Å². The molecule has 0 aliphatic rings. The van der Waals surface area contributed by atoms with Crippen LogP contribution in [0.1, 0.15) is 18.6 Å². The first-order chi connectivity index (χ1) is 6.45. The Balaban J connectivity index is 3.34. The summed E-state index contributed by atoms with van der Waals surface area (Å²) in [6.07, 6.45) is 0. The maximum Gasteiger partial charge on any atom is 0.0968 e. The Kier molecular flexibility index (Phi) is 6.22. The molecule has 0 unspecified atom stereocenters. The summed E-state index contributed by atoms with van der Waals surface area (Å²) in [6, 6.07) is 4.08. The van der Waals surface area contributed by atoms with Crippen molar-refractivity contribution in [3.05, 3.63) is 32.2 Å². The largest absolute Gasteiger partial charge is 0.0968 e. The average Bonchev–Trinajstić information content (AvgIpc) is 2.02. The maximum absolute atomic E-state index is 3.58. The fourth-order valence-electron chi connectivity index (χ4n) is 0.955. The SMILES string of the molecule is Brc1ccc(C(Br)Br)c(Br)c1C(Br)Br. The molecule has 0 saturated carbocycles. The number of hydrogen-bond donors (Lipinski definition) is 0. The maximum atomic E-state index is 3.58. The summed E-state index contributed by atoms with van der Waals surface area (Å²) >= 11 is 21.0. The predicted molar refractivity (Wildman–Crippen MR) is 83.0 cm³/mol. The molecule has 1 aromatic rings. The molecule has 0 fully saturated rings. The van der Waals surface area contributed by atoms with E-state index >= 15 is 0 Å². The first-order valence-electron chi connectivity index (χ1n) is 3.49. The Morgan fingerprint density at radius 3 is 1.86 bits per heavy atom. The second-order valence-corrected chi connectivity index (χ2v) is 10.2. The van der Waals surface area contributed by atoms with Crippen LogP contribution in [0.25, 0.3) is 0 Å². The Bertz CT molecular complexity index is 333. The quantitative estimate of drug-likeness (QED) is 0.339. The van der Waals surface area contributed by atoms with Gasteiger partial charge in [-0.3, -0.25) is 0 Å². The summed E-state index contributed by atoms with van der Waals surface area (Å²) in [5.74, 6) is 0. The number of halogens is 6. The summed E-state index contributed by atoms with van der Waals surface area (Å²) in [5.41, 5.74) is 2.30. The summed E-state index contributed by atoms with van der Waals surface area (Å²) < 4.78 is 2.41. The fourth-order valence-corrected chi connectivity index (χ4v) is 6.14. The van der Waals surface area contributed by atoms with Crippen molar-refractivity contribution in [2.24, 2.45) is 0 Å². The average molecular weight is 580 g/mol. The molecule has 78 valence electrons. The van der Waals surface area contributed by atoms with Crippen molar-refractivity contribution in [2.75, 3.05) is 0 Å². The highest BCUT2D eigenvalue weighted by Gasteiger charge is 2.17. The van der Waals surface area contributed by atoms with Gasteiger partial charge in [0.1, 0.15) is 0 Å². The zero-order valence-corrected chi connectivity index (χ0v) is 16.1. The van der Waals surface area contributed by atoms with Crippen LogP contribution in [0.2, 0.25) is 0 Å². The molecule has 0 amide bonds. The molecule has 6 heteroatoms. The molecule has 0 N–H and O–H groups in total. The summed E-state index contributed by atoms with van der Waals surface area (Å²) in [4.78, 5) is 0. The second-order valence-electron chi connectivity index (χ2n) is 2.47. The van der Waals surface area contributed by atoms with Crippen molar-refractivity contribution < 1.29 is 0 Å². The van der Waals surface area contributed by atoms with E-state index in [1.165, 1.54) is 0 Å². The van der Waals surface area contributed by atoms with Crippen LogP contribution in [0.4, 0.5) is 0 Å². The van der Waals surface area contributed by atoms with Gasteiger partial charge in [-0.05, 0) is 11.6 Å². The molecule has 0 aliphatic carbocycles. The summed E-state index contributed by atoms with van der Waals surface area (Å²) in [7, 11) is 0. The first kappa shape index (κ1) is 14.2. The smallest absolute Gasteiger partial charge is 0.0712 e. The van der Waals surface area contributed by atoms with E-state index in [0.717, 1.165) is 20.1 Å². The zero-order chi connectivity index (χ0) is 10.9. The summed E-state index contributed by atoms with van der Waals surface area (Å²) in [5, 5.41) is 0. The third-order valence-electron chi connectivity index (χ3n) is 1.61. The van der Waals surface area contributed by atoms with E-state index in [-0.39, 0.29) is 7.47 Å². The Morgan fingerprint density at radius 2 is 1.43 bits per heavy atom. The molecule has 0 aromatic heterocycles. The van der Waals surface area contributed by atoms with Crippen LogP contribution in [-0.4, -0.2) is 0 Å². The van der Waals surface area contributed by atoms with Crippen molar-refractivity contribution >= 4 is 95.6 Å². The molecule has 0 heterocycles. The topological polar surface area (TPSA) is 0 Å². The third kappa shape index (κ3) is 3.29. The van der Waals surface area contributed by atoms with Crippen molar-refractivity contribution in [1.29, 1.82) is 0 Å². The van der Waals surface area contributed by atoms with Gasteiger partial charge in [-0.25, -0.2) is 0 Å². The monoisotopic (exact) mass is 574 g/mol. The Hall–Kier alpha value is 2.10. The van der Waals surface area contributed by atoms with E-state index in [1.54, 1.807) is 0 Å². The van der Waals surface area contributed by atoms with Gasteiger partial charge in [0, 0.05) is 14.5 Å².